The van der Waals surface area contributed by atoms with E-state index in [2.05, 4.69) is 36.2 Å². The molecule has 0 atom stereocenters. The minimum Gasteiger partial charge on any atom is -0.487 e. The summed E-state index contributed by atoms with van der Waals surface area (Å²) in [5, 5.41) is 0. The van der Waals surface area contributed by atoms with Crippen LogP contribution in [-0.4, -0.2) is 4.98 Å². The highest BCUT2D eigenvalue weighted by atomic mass is 16.5. The van der Waals surface area contributed by atoms with Crippen LogP contribution in [-0.2, 0) is 6.61 Å². The van der Waals surface area contributed by atoms with E-state index in [0.717, 1.165) is 39.4 Å². The normalized spacial score (nSPS) is 14.9. The molecular formula is C21H18N2O. The molecule has 118 valence electrons. The van der Waals surface area contributed by atoms with Crippen molar-refractivity contribution in [2.45, 2.75) is 13.5 Å². The maximum absolute atomic E-state index is 5.99. The lowest BCUT2D eigenvalue weighted by Crippen LogP contribution is -1.99. The molecule has 0 fully saturated rings. The van der Waals surface area contributed by atoms with Gasteiger partial charge in [0, 0.05) is 23.0 Å². The predicted octanol–water partition coefficient (Wildman–Crippen LogP) is 4.54. The molecule has 24 heavy (non-hydrogen) atoms. The largest absolute Gasteiger partial charge is 0.487 e. The number of rotatable bonds is 1. The number of nitrogen functional groups attached to an aromatic ring is 1. The van der Waals surface area contributed by atoms with E-state index in [4.69, 9.17) is 10.5 Å². The molecule has 2 aromatic carbocycles. The van der Waals surface area contributed by atoms with Crippen LogP contribution in [0.15, 0.2) is 66.9 Å². The predicted molar refractivity (Wildman–Crippen MR) is 97.5 cm³/mol. The minimum absolute atomic E-state index is 0.478. The molecule has 0 radical (unpaired) electrons. The smallest absolute Gasteiger partial charge is 0.131 e. The Morgan fingerprint density at radius 1 is 0.958 bits per heavy atom. The van der Waals surface area contributed by atoms with Gasteiger partial charge in [-0.1, -0.05) is 36.4 Å². The lowest BCUT2D eigenvalue weighted by Gasteiger charge is -2.14. The summed E-state index contributed by atoms with van der Waals surface area (Å²) in [4.78, 5) is 4.52. The summed E-state index contributed by atoms with van der Waals surface area (Å²) in [7, 11) is 0. The molecular weight excluding hydrogens is 296 g/mol. The van der Waals surface area contributed by atoms with E-state index in [1.54, 1.807) is 0 Å². The summed E-state index contributed by atoms with van der Waals surface area (Å²) in [6.07, 6.45) is 1.81. The molecule has 3 heteroatoms. The minimum atomic E-state index is 0.478. The van der Waals surface area contributed by atoms with Gasteiger partial charge in [0.15, 0.2) is 0 Å². The fourth-order valence-electron chi connectivity index (χ4n) is 3.15. The molecule has 2 heterocycles. The van der Waals surface area contributed by atoms with Crippen molar-refractivity contribution in [2.24, 2.45) is 0 Å². The third-order valence-corrected chi connectivity index (χ3v) is 4.40. The number of nitrogens with two attached hydrogens (primary N) is 1. The maximum atomic E-state index is 5.99. The standard InChI is InChI=1S/C21H18N2O/c1-14(15-8-10-16(22)11-9-15)21-17-6-4-12-23-19(17)13-24-20-7-3-2-5-18(20)21/h2-12H,13,22H2,1H3/b21-14+. The number of benzene rings is 2. The van der Waals surface area contributed by atoms with Gasteiger partial charge in [0.1, 0.15) is 12.4 Å². The molecule has 0 bridgehead atoms. The number of pyridine rings is 1. The number of aromatic nitrogens is 1. The Morgan fingerprint density at radius 2 is 1.71 bits per heavy atom. The fraction of sp³-hybridized carbons (Fsp3) is 0.0952. The van der Waals surface area contributed by atoms with Gasteiger partial charge in [0.2, 0.25) is 0 Å². The zero-order chi connectivity index (χ0) is 16.5. The van der Waals surface area contributed by atoms with Crippen molar-refractivity contribution >= 4 is 16.8 Å². The van der Waals surface area contributed by atoms with Gasteiger partial charge in [-0.05, 0) is 47.9 Å². The average Bonchev–Trinajstić information content (AvgIpc) is 2.79. The van der Waals surface area contributed by atoms with Crippen molar-refractivity contribution < 1.29 is 4.74 Å². The second-order valence-corrected chi connectivity index (χ2v) is 5.90. The number of hydrogen-bond donors (Lipinski definition) is 1. The Hall–Kier alpha value is -3.07. The first-order chi connectivity index (χ1) is 11.7. The van der Waals surface area contributed by atoms with Gasteiger partial charge in [-0.15, -0.1) is 0 Å². The summed E-state index contributed by atoms with van der Waals surface area (Å²) >= 11 is 0. The summed E-state index contributed by atoms with van der Waals surface area (Å²) in [6.45, 7) is 2.62. The summed E-state index contributed by atoms with van der Waals surface area (Å²) in [6, 6.07) is 20.2. The first-order valence-corrected chi connectivity index (χ1v) is 7.97. The van der Waals surface area contributed by atoms with Crippen LogP contribution >= 0.6 is 0 Å². The van der Waals surface area contributed by atoms with E-state index in [9.17, 15) is 0 Å². The molecule has 2 N–H and O–H groups in total. The number of ether oxygens (including phenoxy) is 1. The Kier molecular flexibility index (Phi) is 3.54. The van der Waals surface area contributed by atoms with Crippen LogP contribution in [0.3, 0.4) is 0 Å². The van der Waals surface area contributed by atoms with Gasteiger partial charge in [0.05, 0.1) is 5.69 Å². The SMILES string of the molecule is C/C(=C1\c2ccccc2OCc2ncccc21)c1ccc(N)cc1. The molecule has 0 saturated heterocycles. The van der Waals surface area contributed by atoms with Gasteiger partial charge in [-0.25, -0.2) is 0 Å². The van der Waals surface area contributed by atoms with Crippen LogP contribution in [0, 0.1) is 0 Å². The number of allylic oxidation sites excluding steroid dienone is 1. The van der Waals surface area contributed by atoms with Crippen LogP contribution in [0.4, 0.5) is 5.69 Å². The Bertz CT molecular complexity index is 877. The molecule has 0 unspecified atom stereocenters. The molecule has 0 aliphatic carbocycles. The lowest BCUT2D eigenvalue weighted by atomic mass is 9.89. The monoisotopic (exact) mass is 314 g/mol. The summed E-state index contributed by atoms with van der Waals surface area (Å²) in [5.41, 5.74) is 13.3. The first-order valence-electron chi connectivity index (χ1n) is 7.97. The fourth-order valence-corrected chi connectivity index (χ4v) is 3.15. The highest BCUT2D eigenvalue weighted by Crippen LogP contribution is 2.40. The second-order valence-electron chi connectivity index (χ2n) is 5.90. The quantitative estimate of drug-likeness (QED) is 0.671. The van der Waals surface area contributed by atoms with Crippen LogP contribution in [0.2, 0.25) is 0 Å². The van der Waals surface area contributed by atoms with Crippen molar-refractivity contribution in [2.75, 3.05) is 5.73 Å². The average molecular weight is 314 g/mol. The Balaban J connectivity index is 2.02. The van der Waals surface area contributed by atoms with Crippen LogP contribution in [0.25, 0.3) is 11.1 Å². The van der Waals surface area contributed by atoms with Crippen LogP contribution < -0.4 is 10.5 Å². The van der Waals surface area contributed by atoms with Gasteiger partial charge >= 0.3 is 0 Å². The molecule has 3 nitrogen and oxygen atoms in total. The van der Waals surface area contributed by atoms with E-state index in [1.807, 2.05) is 42.6 Å². The summed E-state index contributed by atoms with van der Waals surface area (Å²) in [5.74, 6) is 0.889. The van der Waals surface area contributed by atoms with E-state index in [0.29, 0.717) is 6.61 Å². The lowest BCUT2D eigenvalue weighted by molar-refractivity contribution is 0.302. The number of fused-ring (bicyclic) bond motifs is 2. The number of hydrogen-bond acceptors (Lipinski definition) is 3. The number of nitrogens with zero attached hydrogens (tertiary/aromatic N) is 1. The van der Waals surface area contributed by atoms with Crippen molar-refractivity contribution in [1.29, 1.82) is 0 Å². The zero-order valence-electron chi connectivity index (χ0n) is 13.5. The Morgan fingerprint density at radius 3 is 2.54 bits per heavy atom. The third kappa shape index (κ3) is 2.44. The topological polar surface area (TPSA) is 48.1 Å². The third-order valence-electron chi connectivity index (χ3n) is 4.40. The van der Waals surface area contributed by atoms with E-state index in [1.165, 1.54) is 5.57 Å². The summed E-state index contributed by atoms with van der Waals surface area (Å²) < 4.78 is 5.99. The van der Waals surface area contributed by atoms with Crippen molar-refractivity contribution in [3.63, 3.8) is 0 Å². The van der Waals surface area contributed by atoms with E-state index >= 15 is 0 Å². The Labute approximate surface area is 141 Å². The van der Waals surface area contributed by atoms with Gasteiger partial charge in [0.25, 0.3) is 0 Å². The van der Waals surface area contributed by atoms with Gasteiger partial charge in [-0.3, -0.25) is 4.98 Å². The van der Waals surface area contributed by atoms with E-state index < -0.39 is 0 Å². The molecule has 1 aromatic heterocycles. The molecule has 1 aliphatic heterocycles. The zero-order valence-corrected chi connectivity index (χ0v) is 13.5. The molecule has 3 aromatic rings. The highest BCUT2D eigenvalue weighted by molar-refractivity contribution is 6.00. The molecule has 0 saturated carbocycles. The molecule has 4 rings (SSSR count). The molecule has 0 spiro atoms. The highest BCUT2D eigenvalue weighted by Gasteiger charge is 2.21. The van der Waals surface area contributed by atoms with Crippen molar-refractivity contribution in [3.05, 3.63) is 89.2 Å². The second kappa shape index (κ2) is 5.85. The van der Waals surface area contributed by atoms with Crippen molar-refractivity contribution in [3.8, 4) is 5.75 Å². The van der Waals surface area contributed by atoms with Gasteiger partial charge < -0.3 is 10.5 Å². The number of para-hydroxylation sites is 1. The maximum Gasteiger partial charge on any atom is 0.131 e. The van der Waals surface area contributed by atoms with Crippen LogP contribution in [0.1, 0.15) is 29.3 Å². The molecule has 1 aliphatic rings. The van der Waals surface area contributed by atoms with Crippen molar-refractivity contribution in [1.82, 2.24) is 4.98 Å². The van der Waals surface area contributed by atoms with Gasteiger partial charge in [-0.2, -0.15) is 0 Å². The van der Waals surface area contributed by atoms with Crippen LogP contribution in [0.5, 0.6) is 5.75 Å². The first kappa shape index (κ1) is 14.5. The van der Waals surface area contributed by atoms with E-state index in [-0.39, 0.29) is 0 Å². The molecule has 0 amide bonds. The number of anilines is 1.